The normalized spacial score (nSPS) is 22.1. The van der Waals surface area contributed by atoms with Gasteiger partial charge < -0.3 is 34.0 Å². The van der Waals surface area contributed by atoms with Gasteiger partial charge in [-0.15, -0.1) is 5.10 Å². The number of hydrogen-bond acceptors (Lipinski definition) is 11. The van der Waals surface area contributed by atoms with Crippen LogP contribution in [-0.2, 0) is 39.4 Å². The number of rotatable bonds is 18. The van der Waals surface area contributed by atoms with Gasteiger partial charge in [0, 0.05) is 54.2 Å². The number of non-ortho nitro benzene ring substituents is 1. The molecule has 4 aromatic carbocycles. The number of aromatic nitrogens is 3. The Hall–Kier alpha value is -5.85. The first kappa shape index (κ1) is 45.7. The van der Waals surface area contributed by atoms with E-state index in [1.807, 2.05) is 86.6 Å². The molecule has 3 N–H and O–H groups in total. The Morgan fingerprint density at radius 1 is 1.03 bits per heavy atom. The fourth-order valence-electron chi connectivity index (χ4n) is 10.1. The molecule has 1 aromatic heterocycles. The molecule has 3 aliphatic rings. The van der Waals surface area contributed by atoms with Crippen molar-refractivity contribution in [2.45, 2.75) is 94.9 Å². The summed E-state index contributed by atoms with van der Waals surface area (Å²) >= 11 is 0. The zero-order valence-corrected chi connectivity index (χ0v) is 38.1. The molecule has 0 radical (unpaired) electrons. The van der Waals surface area contributed by atoms with Gasteiger partial charge in [-0.05, 0) is 105 Å². The lowest BCUT2D eigenvalue weighted by Gasteiger charge is -2.35. The third-order valence-corrected chi connectivity index (χ3v) is 15.6. The van der Waals surface area contributed by atoms with E-state index in [9.17, 15) is 25.1 Å². The molecular weight excluding hydrogens is 850 g/mol. The number of halogens is 1. The van der Waals surface area contributed by atoms with Crippen molar-refractivity contribution in [1.29, 1.82) is 0 Å². The highest BCUT2D eigenvalue weighted by Gasteiger charge is 2.67. The first-order valence-corrected chi connectivity index (χ1v) is 25.3. The Bertz CT molecular complexity index is 2520. The molecule has 0 bridgehead atoms. The van der Waals surface area contributed by atoms with Crippen LogP contribution < -0.4 is 19.9 Å². The minimum absolute atomic E-state index is 0.0780. The molecule has 2 amide bonds. The minimum atomic E-state index is -3.57. The number of nitro benzene ring substituents is 1. The number of anilines is 3. The second-order valence-corrected chi connectivity index (χ2v) is 21.5. The predicted molar refractivity (Wildman–Crippen MR) is 245 cm³/mol. The standard InChI is InChI=1S/C48H56FN7O8Si/c1-5-63-37-18-20-42-34(25-37)26-40(50-22-9-10-24-57)46(59)55(42)35-15-13-32(14-16-35)28-54-43-19-17-36(56(61)62)27-39(43)48(47(54)60)31(2)45(65(3,4)49)44(64-48)21-23-53-29-41(51-52-53)38(30-58)33-11-7-6-8-12-33/h6-8,11-20,25,27,29,31,38,40,44-45,50,57-58H,5,9-10,21-24,26,28,30H2,1-4H3/t31-,38?,40?,44+,45-,48+/m1/s1. The summed E-state index contributed by atoms with van der Waals surface area (Å²) in [7, 11) is -3.57. The highest BCUT2D eigenvalue weighted by atomic mass is 28.4. The fourth-order valence-corrected chi connectivity index (χ4v) is 12.7. The lowest BCUT2D eigenvalue weighted by Crippen LogP contribution is -2.49. The van der Waals surface area contributed by atoms with Gasteiger partial charge in [0.1, 0.15) is 5.75 Å². The van der Waals surface area contributed by atoms with Crippen molar-refractivity contribution < 1.29 is 38.3 Å². The maximum atomic E-state index is 16.7. The van der Waals surface area contributed by atoms with Crippen molar-refractivity contribution >= 4 is 43.0 Å². The molecule has 1 fully saturated rings. The average molecular weight is 906 g/mol. The molecule has 8 rings (SSSR count). The van der Waals surface area contributed by atoms with E-state index in [2.05, 4.69) is 15.6 Å². The van der Waals surface area contributed by atoms with Gasteiger partial charge in [-0.25, -0.2) is 0 Å². The molecule has 3 aliphatic heterocycles. The van der Waals surface area contributed by atoms with Gasteiger partial charge in [-0.1, -0.05) is 54.6 Å². The largest absolute Gasteiger partial charge is 0.494 e. The van der Waals surface area contributed by atoms with E-state index in [0.29, 0.717) is 67.3 Å². The van der Waals surface area contributed by atoms with Crippen molar-refractivity contribution in [3.8, 4) is 5.75 Å². The molecule has 5 aromatic rings. The van der Waals surface area contributed by atoms with Crippen molar-refractivity contribution in [3.63, 3.8) is 0 Å². The summed E-state index contributed by atoms with van der Waals surface area (Å²) in [6.45, 7) is 8.30. The van der Waals surface area contributed by atoms with Crippen LogP contribution in [0.1, 0.15) is 67.0 Å². The second-order valence-electron chi connectivity index (χ2n) is 17.7. The van der Waals surface area contributed by atoms with Gasteiger partial charge in [0.25, 0.3) is 11.6 Å². The zero-order valence-electron chi connectivity index (χ0n) is 37.1. The maximum Gasteiger partial charge on any atom is 0.269 e. The van der Waals surface area contributed by atoms with Crippen molar-refractivity contribution in [3.05, 3.63) is 135 Å². The Labute approximate surface area is 378 Å². The molecule has 1 saturated heterocycles. The summed E-state index contributed by atoms with van der Waals surface area (Å²) in [6.07, 6.45) is 3.14. The summed E-state index contributed by atoms with van der Waals surface area (Å²) in [6, 6.07) is 26.4. The van der Waals surface area contributed by atoms with Crippen LogP contribution in [0.15, 0.2) is 97.2 Å². The Morgan fingerprint density at radius 3 is 2.48 bits per heavy atom. The highest BCUT2D eigenvalue weighted by molar-refractivity contribution is 6.72. The number of amides is 2. The van der Waals surface area contributed by atoms with E-state index in [-0.39, 0.29) is 37.3 Å². The first-order chi connectivity index (χ1) is 31.3. The number of unbranched alkanes of at least 4 members (excludes halogenated alkanes) is 1. The number of ether oxygens (including phenoxy) is 2. The molecule has 15 nitrogen and oxygen atoms in total. The Morgan fingerprint density at radius 2 is 1.78 bits per heavy atom. The second kappa shape index (κ2) is 18.9. The van der Waals surface area contributed by atoms with Gasteiger partial charge in [0.2, 0.25) is 14.3 Å². The molecule has 17 heteroatoms. The number of carbonyl (C=O) groups excluding carboxylic acids is 2. The van der Waals surface area contributed by atoms with Crippen molar-refractivity contribution in [2.24, 2.45) is 5.92 Å². The molecule has 1 spiro atoms. The molecule has 0 aliphatic carbocycles. The molecule has 65 heavy (non-hydrogen) atoms. The topological polar surface area (TPSA) is 185 Å². The SMILES string of the molecule is CCOc1ccc2c(c1)CC(NCCCCO)C(=O)N2c1ccc(CN2C(=O)[C@@]3(O[C@@H](CCn4cc(C(CO)c5ccccc5)nn4)[C@H]([Si](C)(C)F)[C@H]3C)c3cc([N+](=O)[O-])ccc32)cc1. The summed E-state index contributed by atoms with van der Waals surface area (Å²) in [5.41, 5.74) is 2.76. The van der Waals surface area contributed by atoms with Gasteiger partial charge in [-0.2, -0.15) is 0 Å². The number of nitrogens with one attached hydrogen (secondary N) is 1. The quantitative estimate of drug-likeness (QED) is 0.0269. The summed E-state index contributed by atoms with van der Waals surface area (Å²) < 4.78 is 31.0. The molecule has 6 atom stereocenters. The highest BCUT2D eigenvalue weighted by Crippen LogP contribution is 2.61. The lowest BCUT2D eigenvalue weighted by atomic mass is 9.82. The number of nitrogens with zero attached hydrogens (tertiary/aromatic N) is 6. The number of aryl methyl sites for hydroxylation is 1. The third-order valence-electron chi connectivity index (χ3n) is 13.2. The molecule has 0 saturated carbocycles. The molecular formula is C48H56FN7O8Si. The van der Waals surface area contributed by atoms with Crippen LogP contribution in [0.2, 0.25) is 18.6 Å². The van der Waals surface area contributed by atoms with Gasteiger partial charge in [-0.3, -0.25) is 29.3 Å². The summed E-state index contributed by atoms with van der Waals surface area (Å²) in [5, 5.41) is 43.7. The van der Waals surface area contributed by atoms with E-state index in [1.165, 1.54) is 12.1 Å². The van der Waals surface area contributed by atoms with Gasteiger partial charge in [0.15, 0.2) is 5.60 Å². The van der Waals surface area contributed by atoms with Crippen molar-refractivity contribution in [2.75, 3.05) is 36.2 Å². The number of nitro groups is 1. The number of hydrogen-bond donors (Lipinski definition) is 3. The summed E-state index contributed by atoms with van der Waals surface area (Å²) in [5.74, 6) is -0.890. The van der Waals surface area contributed by atoms with Crippen LogP contribution in [0.5, 0.6) is 5.75 Å². The molecule has 4 heterocycles. The van der Waals surface area contributed by atoms with Crippen LogP contribution in [0.4, 0.5) is 26.9 Å². The van der Waals surface area contributed by atoms with E-state index in [4.69, 9.17) is 9.47 Å². The Kier molecular flexibility index (Phi) is 13.3. The van der Waals surface area contributed by atoms with E-state index < -0.39 is 48.4 Å². The number of carbonyl (C=O) groups is 2. The minimum Gasteiger partial charge on any atom is -0.494 e. The number of aliphatic hydroxyl groups is 2. The third kappa shape index (κ3) is 8.82. The fraction of sp³-hybridized carbons (Fsp3) is 0.417. The smallest absolute Gasteiger partial charge is 0.269 e. The average Bonchev–Trinajstić information content (AvgIpc) is 3.95. The van der Waals surface area contributed by atoms with Crippen LogP contribution >= 0.6 is 0 Å². The van der Waals surface area contributed by atoms with Crippen LogP contribution in [0.25, 0.3) is 0 Å². The zero-order chi connectivity index (χ0) is 46.0. The number of benzene rings is 4. The lowest BCUT2D eigenvalue weighted by molar-refractivity contribution is -0.385. The monoisotopic (exact) mass is 905 g/mol. The van der Waals surface area contributed by atoms with Crippen molar-refractivity contribution in [1.82, 2.24) is 20.3 Å². The van der Waals surface area contributed by atoms with Crippen LogP contribution in [0, 0.1) is 16.0 Å². The Balaban J connectivity index is 1.07. The van der Waals surface area contributed by atoms with Crippen LogP contribution in [-0.4, -0.2) is 88.9 Å². The van der Waals surface area contributed by atoms with Gasteiger partial charge >= 0.3 is 0 Å². The molecule has 2 unspecified atom stereocenters. The number of fused-ring (bicyclic) bond motifs is 3. The van der Waals surface area contributed by atoms with E-state index in [1.54, 1.807) is 39.8 Å². The number of aliphatic hydroxyl groups excluding tert-OH is 2. The first-order valence-electron chi connectivity index (χ1n) is 22.3. The molecule has 342 valence electrons. The summed E-state index contributed by atoms with van der Waals surface area (Å²) in [4.78, 5) is 44.2. The maximum absolute atomic E-state index is 16.7. The van der Waals surface area contributed by atoms with E-state index >= 15 is 8.90 Å². The predicted octanol–water partition coefficient (Wildman–Crippen LogP) is 7.07. The van der Waals surface area contributed by atoms with Gasteiger partial charge in [0.05, 0.1) is 59.8 Å². The van der Waals surface area contributed by atoms with E-state index in [0.717, 1.165) is 28.8 Å². The van der Waals surface area contributed by atoms with Crippen LogP contribution in [0.3, 0.4) is 0 Å².